The summed E-state index contributed by atoms with van der Waals surface area (Å²) in [6.07, 6.45) is 2.10. The lowest BCUT2D eigenvalue weighted by molar-refractivity contribution is -0.123. The highest BCUT2D eigenvalue weighted by atomic mass is 32.1. The number of carbonyl (C=O) groups excluding carboxylic acids is 1. The molecule has 2 aromatic heterocycles. The maximum Gasteiger partial charge on any atom is 0.217 e. The second-order valence-corrected chi connectivity index (χ2v) is 8.52. The predicted octanol–water partition coefficient (Wildman–Crippen LogP) is 3.62. The Bertz CT molecular complexity index is 933. The fourth-order valence-electron chi connectivity index (χ4n) is 3.83. The van der Waals surface area contributed by atoms with E-state index >= 15 is 0 Å². The van der Waals surface area contributed by atoms with Crippen molar-refractivity contribution < 1.29 is 4.79 Å². The molecule has 1 aliphatic heterocycles. The second-order valence-electron chi connectivity index (χ2n) is 7.35. The van der Waals surface area contributed by atoms with Crippen LogP contribution in [0.3, 0.4) is 0 Å². The van der Waals surface area contributed by atoms with Crippen molar-refractivity contribution in [2.75, 3.05) is 13.1 Å². The summed E-state index contributed by atoms with van der Waals surface area (Å²) in [5, 5.41) is 4.32. The summed E-state index contributed by atoms with van der Waals surface area (Å²) in [4.78, 5) is 16.3. The number of hydrogen-bond donors (Lipinski definition) is 1. The number of aryl methyl sites for hydroxylation is 1. The Kier molecular flexibility index (Phi) is 3.93. The molecule has 0 unspecified atom stereocenters. The van der Waals surface area contributed by atoms with Gasteiger partial charge in [0.25, 0.3) is 0 Å². The van der Waals surface area contributed by atoms with Gasteiger partial charge in [-0.1, -0.05) is 6.07 Å². The quantitative estimate of drug-likeness (QED) is 0.778. The largest absolute Gasteiger partial charge is 0.351 e. The highest BCUT2D eigenvalue weighted by Crippen LogP contribution is 2.32. The zero-order valence-corrected chi connectivity index (χ0v) is 15.7. The van der Waals surface area contributed by atoms with E-state index in [0.29, 0.717) is 0 Å². The fraction of sp³-hybridized carbons (Fsp3) is 0.350. The number of benzene rings is 1. The van der Waals surface area contributed by atoms with Crippen molar-refractivity contribution in [1.29, 1.82) is 0 Å². The molecule has 4 nitrogen and oxygen atoms in total. The summed E-state index contributed by atoms with van der Waals surface area (Å²) in [5.41, 5.74) is 2.48. The van der Waals surface area contributed by atoms with Gasteiger partial charge in [-0.3, -0.25) is 9.69 Å². The summed E-state index contributed by atoms with van der Waals surface area (Å²) >= 11 is 1.86. The van der Waals surface area contributed by atoms with Gasteiger partial charge in [-0.25, -0.2) is 0 Å². The van der Waals surface area contributed by atoms with E-state index in [0.717, 1.165) is 19.6 Å². The van der Waals surface area contributed by atoms with Crippen molar-refractivity contribution in [2.24, 2.45) is 7.05 Å². The van der Waals surface area contributed by atoms with Crippen molar-refractivity contribution in [3.63, 3.8) is 0 Å². The zero-order chi connectivity index (χ0) is 17.6. The lowest BCUT2D eigenvalue weighted by Gasteiger charge is -2.48. The van der Waals surface area contributed by atoms with Gasteiger partial charge in [-0.2, -0.15) is 0 Å². The molecule has 1 amide bonds. The number of rotatable bonds is 4. The van der Waals surface area contributed by atoms with Crippen LogP contribution in [-0.4, -0.2) is 34.0 Å². The lowest BCUT2D eigenvalue weighted by Crippen LogP contribution is -2.67. The zero-order valence-electron chi connectivity index (χ0n) is 14.9. The monoisotopic (exact) mass is 353 g/mol. The van der Waals surface area contributed by atoms with Crippen LogP contribution in [0.25, 0.3) is 21.3 Å². The smallest absolute Gasteiger partial charge is 0.217 e. The molecule has 25 heavy (non-hydrogen) atoms. The van der Waals surface area contributed by atoms with E-state index in [-0.39, 0.29) is 11.4 Å². The molecule has 1 N–H and O–H groups in total. The highest BCUT2D eigenvalue weighted by molar-refractivity contribution is 7.15. The molecule has 1 fully saturated rings. The van der Waals surface area contributed by atoms with Gasteiger partial charge in [0, 0.05) is 60.5 Å². The van der Waals surface area contributed by atoms with Gasteiger partial charge < -0.3 is 9.88 Å². The van der Waals surface area contributed by atoms with Crippen LogP contribution in [0, 0.1) is 0 Å². The van der Waals surface area contributed by atoms with Gasteiger partial charge in [-0.15, -0.1) is 11.3 Å². The minimum absolute atomic E-state index is 0.0527. The predicted molar refractivity (Wildman–Crippen MR) is 104 cm³/mol. The molecule has 4 rings (SSSR count). The molecule has 130 valence electrons. The SMILES string of the molecule is CC(=O)NC1(C)CN(Cc2ccc(-c3ccc4c(ccn4C)c3)s2)C1. The summed E-state index contributed by atoms with van der Waals surface area (Å²) in [5.74, 6) is 0.0527. The van der Waals surface area contributed by atoms with Crippen molar-refractivity contribution in [1.82, 2.24) is 14.8 Å². The number of hydrogen-bond acceptors (Lipinski definition) is 3. The Morgan fingerprint density at radius 2 is 2.04 bits per heavy atom. The summed E-state index contributed by atoms with van der Waals surface area (Å²) in [6, 6.07) is 13.3. The van der Waals surface area contributed by atoms with Gasteiger partial charge in [0.1, 0.15) is 0 Å². The Labute approximate surface area is 152 Å². The van der Waals surface area contributed by atoms with E-state index in [1.54, 1.807) is 6.92 Å². The van der Waals surface area contributed by atoms with Crippen LogP contribution in [0.5, 0.6) is 0 Å². The first-order chi connectivity index (χ1) is 11.9. The van der Waals surface area contributed by atoms with Crippen LogP contribution in [0.1, 0.15) is 18.7 Å². The number of likely N-dealkylation sites (tertiary alicyclic amines) is 1. The standard InChI is InChI=1S/C20H23N3OS/c1-14(24)21-20(2)12-23(13-20)11-17-5-7-19(25-17)16-4-6-18-15(10-16)8-9-22(18)3/h4-10H,11-13H2,1-3H3,(H,21,24). The van der Waals surface area contributed by atoms with E-state index in [4.69, 9.17) is 0 Å². The van der Waals surface area contributed by atoms with Crippen molar-refractivity contribution in [3.05, 3.63) is 47.5 Å². The first-order valence-electron chi connectivity index (χ1n) is 8.57. The van der Waals surface area contributed by atoms with Gasteiger partial charge in [0.2, 0.25) is 5.91 Å². The molecule has 0 spiro atoms. The number of nitrogens with zero attached hydrogens (tertiary/aromatic N) is 2. The van der Waals surface area contributed by atoms with Gasteiger partial charge in [-0.05, 0) is 42.8 Å². The summed E-state index contributed by atoms with van der Waals surface area (Å²) < 4.78 is 2.15. The normalized spacial score (nSPS) is 16.8. The molecule has 0 saturated carbocycles. The van der Waals surface area contributed by atoms with E-state index in [1.807, 2.05) is 11.3 Å². The minimum atomic E-state index is -0.0652. The van der Waals surface area contributed by atoms with Crippen LogP contribution < -0.4 is 5.32 Å². The number of carbonyl (C=O) groups is 1. The molecule has 0 atom stereocenters. The fourth-order valence-corrected chi connectivity index (χ4v) is 4.88. The minimum Gasteiger partial charge on any atom is -0.351 e. The molecular weight excluding hydrogens is 330 g/mol. The number of amides is 1. The Morgan fingerprint density at radius 1 is 1.24 bits per heavy atom. The maximum atomic E-state index is 11.2. The van der Waals surface area contributed by atoms with Crippen LogP contribution in [-0.2, 0) is 18.4 Å². The van der Waals surface area contributed by atoms with Crippen LogP contribution >= 0.6 is 11.3 Å². The number of fused-ring (bicyclic) bond motifs is 1. The number of nitrogens with one attached hydrogen (secondary N) is 1. The topological polar surface area (TPSA) is 37.3 Å². The van der Waals surface area contributed by atoms with Crippen molar-refractivity contribution >= 4 is 28.1 Å². The van der Waals surface area contributed by atoms with E-state index in [1.165, 1.54) is 26.2 Å². The molecular formula is C20H23N3OS. The molecule has 0 radical (unpaired) electrons. The molecule has 3 aromatic rings. The Morgan fingerprint density at radius 3 is 2.80 bits per heavy atom. The maximum absolute atomic E-state index is 11.2. The number of thiophene rings is 1. The third-order valence-corrected chi connectivity index (χ3v) is 5.95. The Balaban J connectivity index is 1.44. The Hall–Kier alpha value is -2.11. The van der Waals surface area contributed by atoms with Gasteiger partial charge in [0.15, 0.2) is 0 Å². The van der Waals surface area contributed by atoms with Crippen molar-refractivity contribution in [2.45, 2.75) is 25.9 Å². The van der Waals surface area contributed by atoms with Crippen LogP contribution in [0.4, 0.5) is 0 Å². The molecule has 3 heterocycles. The van der Waals surface area contributed by atoms with Gasteiger partial charge >= 0.3 is 0 Å². The van der Waals surface area contributed by atoms with E-state index in [9.17, 15) is 4.79 Å². The second kappa shape index (κ2) is 6.00. The molecule has 0 aliphatic carbocycles. The third kappa shape index (κ3) is 3.22. The van der Waals surface area contributed by atoms with Gasteiger partial charge in [0.05, 0.1) is 5.54 Å². The third-order valence-electron chi connectivity index (χ3n) is 4.83. The molecule has 1 saturated heterocycles. The van der Waals surface area contributed by atoms with E-state index in [2.05, 4.69) is 71.4 Å². The first-order valence-corrected chi connectivity index (χ1v) is 9.39. The highest BCUT2D eigenvalue weighted by Gasteiger charge is 2.39. The molecule has 5 heteroatoms. The summed E-state index contributed by atoms with van der Waals surface area (Å²) in [6.45, 7) is 6.47. The van der Waals surface area contributed by atoms with Crippen molar-refractivity contribution in [3.8, 4) is 10.4 Å². The summed E-state index contributed by atoms with van der Waals surface area (Å²) in [7, 11) is 2.08. The number of aromatic nitrogens is 1. The molecule has 0 bridgehead atoms. The van der Waals surface area contributed by atoms with E-state index < -0.39 is 0 Å². The molecule has 1 aromatic carbocycles. The average molecular weight is 353 g/mol. The van der Waals surface area contributed by atoms with Crippen LogP contribution in [0.2, 0.25) is 0 Å². The average Bonchev–Trinajstić information content (AvgIpc) is 3.12. The lowest BCUT2D eigenvalue weighted by atomic mass is 9.92. The molecule has 1 aliphatic rings. The van der Waals surface area contributed by atoms with Crippen LogP contribution in [0.15, 0.2) is 42.6 Å². The first kappa shape index (κ1) is 16.4.